The molecule has 1 atom stereocenters. The molecule has 0 amide bonds. The van der Waals surface area contributed by atoms with Gasteiger partial charge in [0.25, 0.3) is 5.69 Å². The third-order valence-electron chi connectivity index (χ3n) is 4.10. The number of halogens is 1. The molecule has 0 aliphatic carbocycles. The third-order valence-corrected chi connectivity index (χ3v) is 6.15. The molecule has 0 radical (unpaired) electrons. The van der Waals surface area contributed by atoms with Crippen molar-refractivity contribution in [1.29, 1.82) is 0 Å². The van der Waals surface area contributed by atoms with Crippen molar-refractivity contribution in [3.8, 4) is 0 Å². The largest absolute Gasteiger partial charge is 0.316 e. The molecule has 1 aliphatic rings. The van der Waals surface area contributed by atoms with Gasteiger partial charge in [-0.2, -0.15) is 4.31 Å². The molecule has 0 aromatic heterocycles. The summed E-state index contributed by atoms with van der Waals surface area (Å²) in [5.41, 5.74) is 0.451. The first-order valence-corrected chi connectivity index (χ1v) is 8.65. The highest BCUT2D eigenvalue weighted by atomic mass is 35.5. The quantitative estimate of drug-likeness (QED) is 0.652. The van der Waals surface area contributed by atoms with Gasteiger partial charge in [-0.05, 0) is 39.3 Å². The van der Waals surface area contributed by atoms with Crippen molar-refractivity contribution in [2.75, 3.05) is 20.1 Å². The molecule has 1 unspecified atom stereocenters. The number of aryl methyl sites for hydroxylation is 2. The number of nitro benzene ring substituents is 1. The number of benzene rings is 1. The van der Waals surface area contributed by atoms with Crippen LogP contribution in [0.1, 0.15) is 24.0 Å². The van der Waals surface area contributed by atoms with E-state index in [0.717, 1.165) is 12.8 Å². The standard InChI is InChI=1S/C14H21N3O4S.ClH/c1-10-6-7-11(2)14(13(10)17(18)19)22(20,21)16-8-4-5-12(9-16)15-3;/h6-7,12,15H,4-5,8-9H2,1-3H3;1H. The van der Waals surface area contributed by atoms with Crippen LogP contribution in [-0.4, -0.2) is 43.8 Å². The smallest absolute Gasteiger partial charge is 0.292 e. The van der Waals surface area contributed by atoms with Gasteiger partial charge in [0.15, 0.2) is 4.90 Å². The number of sulfonamides is 1. The van der Waals surface area contributed by atoms with Crippen LogP contribution >= 0.6 is 12.4 Å². The molecule has 2 rings (SSSR count). The molecule has 9 heteroatoms. The van der Waals surface area contributed by atoms with E-state index in [1.807, 2.05) is 0 Å². The molecule has 1 fully saturated rings. The molecule has 1 N–H and O–H groups in total. The Kier molecular flexibility index (Phi) is 6.52. The number of piperidine rings is 1. The Labute approximate surface area is 142 Å². The van der Waals surface area contributed by atoms with Crippen LogP contribution in [0.15, 0.2) is 17.0 Å². The van der Waals surface area contributed by atoms with Crippen LogP contribution in [0.3, 0.4) is 0 Å². The Balaban J connectivity index is 0.00000264. The number of nitrogens with zero attached hydrogens (tertiary/aromatic N) is 2. The van der Waals surface area contributed by atoms with Gasteiger partial charge in [-0.3, -0.25) is 10.1 Å². The Bertz CT molecular complexity index is 694. The maximum Gasteiger partial charge on any atom is 0.292 e. The fraction of sp³-hybridized carbons (Fsp3) is 0.571. The molecule has 0 bridgehead atoms. The molecule has 130 valence electrons. The van der Waals surface area contributed by atoms with Crippen LogP contribution in [0.4, 0.5) is 5.69 Å². The van der Waals surface area contributed by atoms with Crippen LogP contribution in [0, 0.1) is 24.0 Å². The summed E-state index contributed by atoms with van der Waals surface area (Å²) in [6, 6.07) is 3.28. The van der Waals surface area contributed by atoms with Gasteiger partial charge in [-0.25, -0.2) is 8.42 Å². The van der Waals surface area contributed by atoms with Crippen LogP contribution in [0.2, 0.25) is 0 Å². The highest BCUT2D eigenvalue weighted by molar-refractivity contribution is 7.89. The molecule has 1 aliphatic heterocycles. The highest BCUT2D eigenvalue weighted by Crippen LogP contribution is 2.33. The molecule has 0 saturated carbocycles. The summed E-state index contributed by atoms with van der Waals surface area (Å²) in [5, 5.41) is 14.4. The van der Waals surface area contributed by atoms with E-state index in [1.54, 1.807) is 33.0 Å². The molecule has 1 aromatic carbocycles. The van der Waals surface area contributed by atoms with Crippen LogP contribution < -0.4 is 5.32 Å². The number of likely N-dealkylation sites (N-methyl/N-ethyl adjacent to an activating group) is 1. The molecule has 7 nitrogen and oxygen atoms in total. The fourth-order valence-corrected chi connectivity index (χ4v) is 4.81. The first kappa shape index (κ1) is 19.8. The Morgan fingerprint density at radius 3 is 2.48 bits per heavy atom. The van der Waals surface area contributed by atoms with E-state index in [2.05, 4.69) is 5.32 Å². The van der Waals surface area contributed by atoms with Crippen LogP contribution in [0.5, 0.6) is 0 Å². The monoisotopic (exact) mass is 363 g/mol. The zero-order valence-electron chi connectivity index (χ0n) is 13.4. The van der Waals surface area contributed by atoms with Gasteiger partial charge in [0.2, 0.25) is 10.0 Å². The van der Waals surface area contributed by atoms with Crippen molar-refractivity contribution >= 4 is 28.1 Å². The minimum Gasteiger partial charge on any atom is -0.316 e. The third kappa shape index (κ3) is 3.82. The summed E-state index contributed by atoms with van der Waals surface area (Å²) in [6.07, 6.45) is 1.64. The van der Waals surface area contributed by atoms with Gasteiger partial charge in [-0.1, -0.05) is 12.1 Å². The lowest BCUT2D eigenvalue weighted by atomic mass is 10.1. The maximum atomic E-state index is 12.9. The van der Waals surface area contributed by atoms with E-state index in [9.17, 15) is 18.5 Å². The zero-order chi connectivity index (χ0) is 16.5. The second kappa shape index (κ2) is 7.57. The van der Waals surface area contributed by atoms with Crippen molar-refractivity contribution in [1.82, 2.24) is 9.62 Å². The first-order chi connectivity index (χ1) is 10.3. The van der Waals surface area contributed by atoms with Crippen molar-refractivity contribution in [3.63, 3.8) is 0 Å². The average Bonchev–Trinajstić information content (AvgIpc) is 2.48. The molecular formula is C14H22ClN3O4S. The van der Waals surface area contributed by atoms with E-state index >= 15 is 0 Å². The van der Waals surface area contributed by atoms with Gasteiger partial charge in [0.1, 0.15) is 0 Å². The topological polar surface area (TPSA) is 92.6 Å². The Morgan fingerprint density at radius 2 is 1.91 bits per heavy atom. The van der Waals surface area contributed by atoms with Gasteiger partial charge in [0, 0.05) is 24.7 Å². The number of nitrogens with one attached hydrogen (secondary N) is 1. The predicted octanol–water partition coefficient (Wildman–Crippen LogP) is 2.01. The van der Waals surface area contributed by atoms with Crippen LogP contribution in [-0.2, 0) is 10.0 Å². The lowest BCUT2D eigenvalue weighted by Gasteiger charge is -2.32. The minimum absolute atomic E-state index is 0. The fourth-order valence-electron chi connectivity index (χ4n) is 2.85. The number of rotatable bonds is 4. The Morgan fingerprint density at radius 1 is 1.30 bits per heavy atom. The molecule has 1 saturated heterocycles. The van der Waals surface area contributed by atoms with E-state index in [-0.39, 0.29) is 29.0 Å². The van der Waals surface area contributed by atoms with Crippen molar-refractivity contribution in [2.24, 2.45) is 0 Å². The van der Waals surface area contributed by atoms with Crippen molar-refractivity contribution in [2.45, 2.75) is 37.6 Å². The molecule has 23 heavy (non-hydrogen) atoms. The summed E-state index contributed by atoms with van der Waals surface area (Å²) >= 11 is 0. The van der Waals surface area contributed by atoms with E-state index in [4.69, 9.17) is 0 Å². The van der Waals surface area contributed by atoms with Gasteiger partial charge in [-0.15, -0.1) is 12.4 Å². The van der Waals surface area contributed by atoms with Crippen molar-refractivity contribution < 1.29 is 13.3 Å². The molecular weight excluding hydrogens is 342 g/mol. The second-order valence-electron chi connectivity index (χ2n) is 5.63. The molecule has 1 aromatic rings. The van der Waals surface area contributed by atoms with Crippen molar-refractivity contribution in [3.05, 3.63) is 33.4 Å². The van der Waals surface area contributed by atoms with E-state index < -0.39 is 14.9 Å². The van der Waals surface area contributed by atoms with Gasteiger partial charge in [0.05, 0.1) is 4.92 Å². The molecule has 1 heterocycles. The molecule has 0 spiro atoms. The summed E-state index contributed by atoms with van der Waals surface area (Å²) in [7, 11) is -2.09. The summed E-state index contributed by atoms with van der Waals surface area (Å²) in [6.45, 7) is 3.89. The Hall–Kier alpha value is -1.22. The lowest BCUT2D eigenvalue weighted by molar-refractivity contribution is -0.388. The number of hydrogen-bond acceptors (Lipinski definition) is 5. The lowest BCUT2D eigenvalue weighted by Crippen LogP contribution is -2.47. The highest BCUT2D eigenvalue weighted by Gasteiger charge is 2.36. The average molecular weight is 364 g/mol. The first-order valence-electron chi connectivity index (χ1n) is 7.21. The normalized spacial score (nSPS) is 19.2. The van der Waals surface area contributed by atoms with Gasteiger partial charge >= 0.3 is 0 Å². The zero-order valence-corrected chi connectivity index (χ0v) is 15.0. The predicted molar refractivity (Wildman–Crippen MR) is 90.7 cm³/mol. The number of nitro groups is 1. The minimum atomic E-state index is -3.88. The SMILES string of the molecule is CNC1CCCN(S(=O)(=O)c2c(C)ccc(C)c2[N+](=O)[O-])C1.Cl. The van der Waals surface area contributed by atoms with Gasteiger partial charge < -0.3 is 5.32 Å². The summed E-state index contributed by atoms with van der Waals surface area (Å²) in [5.74, 6) is 0. The summed E-state index contributed by atoms with van der Waals surface area (Å²) in [4.78, 5) is 10.6. The maximum absolute atomic E-state index is 12.9. The van der Waals surface area contributed by atoms with E-state index in [1.165, 1.54) is 4.31 Å². The summed E-state index contributed by atoms with van der Waals surface area (Å²) < 4.78 is 27.2. The number of hydrogen-bond donors (Lipinski definition) is 1. The van der Waals surface area contributed by atoms with Crippen LogP contribution in [0.25, 0.3) is 0 Å². The second-order valence-corrected chi connectivity index (χ2v) is 7.50. The van der Waals surface area contributed by atoms with E-state index in [0.29, 0.717) is 24.2 Å².